The topological polar surface area (TPSA) is 73.9 Å². The maximum atomic E-state index is 13.8. The van der Waals surface area contributed by atoms with E-state index in [2.05, 4.69) is 26.1 Å². The van der Waals surface area contributed by atoms with E-state index in [0.29, 0.717) is 0 Å². The van der Waals surface area contributed by atoms with E-state index in [1.807, 2.05) is 0 Å². The van der Waals surface area contributed by atoms with Crippen molar-refractivity contribution in [2.24, 2.45) is 0 Å². The Morgan fingerprint density at radius 1 is 1.08 bits per heavy atom. The predicted octanol–water partition coefficient (Wildman–Crippen LogP) is 3.50. The molecule has 0 N–H and O–H groups in total. The summed E-state index contributed by atoms with van der Waals surface area (Å²) < 4.78 is 62.4. The number of benzene rings is 1. The number of rotatable bonds is 5. The minimum Gasteiger partial charge on any atom is -0.442 e. The molecule has 132 valence electrons. The van der Waals surface area contributed by atoms with Crippen molar-refractivity contribution in [2.45, 2.75) is 12.5 Å². The zero-order chi connectivity index (χ0) is 18.7. The fourth-order valence-corrected chi connectivity index (χ4v) is 1.97. The minimum atomic E-state index is -2.91. The Morgan fingerprint density at radius 2 is 1.73 bits per heavy atom. The zero-order valence-electron chi connectivity index (χ0n) is 12.7. The van der Waals surface area contributed by atoms with Crippen LogP contribution in [-0.2, 0) is 0 Å². The Balaban J connectivity index is 1.81. The van der Waals surface area contributed by atoms with Gasteiger partial charge in [-0.3, -0.25) is 0 Å². The first-order valence-electron chi connectivity index (χ1n) is 7.00. The van der Waals surface area contributed by atoms with Crippen LogP contribution in [0.25, 0.3) is 11.5 Å². The second-order valence-corrected chi connectivity index (χ2v) is 4.80. The van der Waals surface area contributed by atoms with Gasteiger partial charge in [0.15, 0.2) is 6.10 Å². The van der Waals surface area contributed by atoms with Gasteiger partial charge in [0, 0.05) is 12.4 Å². The predicted molar refractivity (Wildman–Crippen MR) is 78.8 cm³/mol. The highest BCUT2D eigenvalue weighted by molar-refractivity contribution is 5.49. The summed E-state index contributed by atoms with van der Waals surface area (Å²) in [5, 5.41) is 6.61. The monoisotopic (exact) mass is 364 g/mol. The molecule has 1 unspecified atom stereocenters. The van der Waals surface area contributed by atoms with Gasteiger partial charge in [0.05, 0.1) is 11.1 Å². The lowest BCUT2D eigenvalue weighted by atomic mass is 10.1. The third-order valence-corrected chi connectivity index (χ3v) is 3.14. The molecule has 3 aromatic rings. The highest BCUT2D eigenvalue weighted by Crippen LogP contribution is 2.26. The standard InChI is InChI=1S/C16H8F4N4O2/c1-2-11(12-9(17)4-3-5-10(12)18)25-16-21-6-8(7-22-16)14-23-24-15(26-14)13(19)20/h1,3-7,11,13H. The van der Waals surface area contributed by atoms with Gasteiger partial charge in [-0.2, -0.15) is 8.78 Å². The third kappa shape index (κ3) is 3.46. The van der Waals surface area contributed by atoms with Gasteiger partial charge in [-0.05, 0) is 12.1 Å². The summed E-state index contributed by atoms with van der Waals surface area (Å²) >= 11 is 0. The molecule has 2 heterocycles. The van der Waals surface area contributed by atoms with E-state index in [4.69, 9.17) is 15.6 Å². The van der Waals surface area contributed by atoms with Crippen molar-refractivity contribution in [1.82, 2.24) is 20.2 Å². The van der Waals surface area contributed by atoms with Gasteiger partial charge >= 0.3 is 12.4 Å². The molecule has 0 aliphatic rings. The van der Waals surface area contributed by atoms with Crippen molar-refractivity contribution < 1.29 is 26.7 Å². The van der Waals surface area contributed by atoms with Crippen LogP contribution in [0.15, 0.2) is 35.0 Å². The average molecular weight is 364 g/mol. The summed E-state index contributed by atoms with van der Waals surface area (Å²) in [7, 11) is 0. The van der Waals surface area contributed by atoms with Crippen molar-refractivity contribution in [3.63, 3.8) is 0 Å². The van der Waals surface area contributed by atoms with Crippen LogP contribution >= 0.6 is 0 Å². The number of terminal acetylenes is 1. The van der Waals surface area contributed by atoms with E-state index < -0.39 is 35.6 Å². The average Bonchev–Trinajstić information content (AvgIpc) is 3.11. The van der Waals surface area contributed by atoms with Crippen LogP contribution in [0.5, 0.6) is 6.01 Å². The van der Waals surface area contributed by atoms with E-state index in [9.17, 15) is 17.6 Å². The SMILES string of the molecule is C#CC(Oc1ncc(-c2nnc(C(F)F)o2)cn1)c1c(F)cccc1F. The van der Waals surface area contributed by atoms with Gasteiger partial charge < -0.3 is 9.15 Å². The lowest BCUT2D eigenvalue weighted by Crippen LogP contribution is -2.11. The van der Waals surface area contributed by atoms with Crippen molar-refractivity contribution in [3.8, 4) is 29.8 Å². The largest absolute Gasteiger partial charge is 0.442 e. The smallest absolute Gasteiger partial charge is 0.317 e. The Bertz CT molecular complexity index is 933. The Kier molecular flexibility index (Phi) is 4.79. The van der Waals surface area contributed by atoms with Crippen LogP contribution in [-0.4, -0.2) is 20.2 Å². The number of halogens is 4. The molecule has 2 aromatic heterocycles. The summed E-state index contributed by atoms with van der Waals surface area (Å²) in [6.45, 7) is 0. The molecule has 6 nitrogen and oxygen atoms in total. The molecule has 1 atom stereocenters. The summed E-state index contributed by atoms with van der Waals surface area (Å²) in [5.74, 6) is -0.722. The number of alkyl halides is 2. The molecule has 3 rings (SSSR count). The Labute approximate surface area is 143 Å². The molecule has 10 heteroatoms. The van der Waals surface area contributed by atoms with Crippen molar-refractivity contribution >= 4 is 0 Å². The number of nitrogens with zero attached hydrogens (tertiary/aromatic N) is 4. The van der Waals surface area contributed by atoms with E-state index in [0.717, 1.165) is 24.5 Å². The number of aromatic nitrogens is 4. The number of hydrogen-bond acceptors (Lipinski definition) is 6. The highest BCUT2D eigenvalue weighted by Gasteiger charge is 2.21. The maximum absolute atomic E-state index is 13.8. The van der Waals surface area contributed by atoms with Gasteiger partial charge in [0.2, 0.25) is 0 Å². The quantitative estimate of drug-likeness (QED) is 0.510. The number of ether oxygens (including phenoxy) is 1. The highest BCUT2D eigenvalue weighted by atomic mass is 19.3. The molecule has 26 heavy (non-hydrogen) atoms. The first-order valence-corrected chi connectivity index (χ1v) is 7.00. The fraction of sp³-hybridized carbons (Fsp3) is 0.125. The molecule has 0 spiro atoms. The van der Waals surface area contributed by atoms with E-state index in [-0.39, 0.29) is 17.5 Å². The summed E-state index contributed by atoms with van der Waals surface area (Å²) in [4.78, 5) is 7.59. The van der Waals surface area contributed by atoms with Crippen LogP contribution in [0.1, 0.15) is 24.0 Å². The summed E-state index contributed by atoms with van der Waals surface area (Å²) in [6, 6.07) is 2.97. The van der Waals surface area contributed by atoms with Crippen molar-refractivity contribution in [3.05, 3.63) is 53.7 Å². The number of hydrogen-bond donors (Lipinski definition) is 0. The maximum Gasteiger partial charge on any atom is 0.317 e. The Hall–Kier alpha value is -3.48. The molecular formula is C16H8F4N4O2. The normalized spacial score (nSPS) is 12.0. The summed E-state index contributed by atoms with van der Waals surface area (Å²) in [6.07, 6.45) is 3.26. The van der Waals surface area contributed by atoms with Crippen molar-refractivity contribution in [1.29, 1.82) is 0 Å². The lowest BCUT2D eigenvalue weighted by molar-refractivity contribution is 0.116. The van der Waals surface area contributed by atoms with Gasteiger partial charge in [-0.25, -0.2) is 18.7 Å². The molecule has 0 saturated heterocycles. The van der Waals surface area contributed by atoms with Gasteiger partial charge in [-0.15, -0.1) is 16.6 Å². The van der Waals surface area contributed by atoms with Gasteiger partial charge in [0.1, 0.15) is 11.6 Å². The Morgan fingerprint density at radius 3 is 2.27 bits per heavy atom. The van der Waals surface area contributed by atoms with Gasteiger partial charge in [-0.1, -0.05) is 12.0 Å². The second kappa shape index (κ2) is 7.18. The van der Waals surface area contributed by atoms with E-state index >= 15 is 0 Å². The van der Waals surface area contributed by atoms with E-state index in [1.54, 1.807) is 0 Å². The van der Waals surface area contributed by atoms with Crippen LogP contribution in [0.2, 0.25) is 0 Å². The third-order valence-electron chi connectivity index (χ3n) is 3.14. The van der Waals surface area contributed by atoms with E-state index in [1.165, 1.54) is 6.07 Å². The molecule has 0 aliphatic carbocycles. The van der Waals surface area contributed by atoms with Crippen LogP contribution in [0.4, 0.5) is 17.6 Å². The lowest BCUT2D eigenvalue weighted by Gasteiger charge is -2.13. The zero-order valence-corrected chi connectivity index (χ0v) is 12.7. The second-order valence-electron chi connectivity index (χ2n) is 4.80. The summed E-state index contributed by atoms with van der Waals surface area (Å²) in [5.41, 5.74) is -0.313. The minimum absolute atomic E-state index is 0.145. The van der Waals surface area contributed by atoms with Crippen LogP contribution in [0.3, 0.4) is 0 Å². The molecule has 0 amide bonds. The van der Waals surface area contributed by atoms with Crippen LogP contribution < -0.4 is 4.74 Å². The molecular weight excluding hydrogens is 356 g/mol. The van der Waals surface area contributed by atoms with Crippen molar-refractivity contribution in [2.75, 3.05) is 0 Å². The molecule has 0 bridgehead atoms. The fourth-order valence-electron chi connectivity index (χ4n) is 1.97. The molecule has 0 fully saturated rings. The first-order chi connectivity index (χ1) is 12.5. The first kappa shape index (κ1) is 17.3. The van der Waals surface area contributed by atoms with Gasteiger partial charge in [0.25, 0.3) is 11.8 Å². The van der Waals surface area contributed by atoms with Crippen LogP contribution in [0, 0.1) is 24.0 Å². The molecule has 0 aliphatic heterocycles. The molecule has 0 radical (unpaired) electrons. The molecule has 1 aromatic carbocycles. The molecule has 0 saturated carbocycles.